The van der Waals surface area contributed by atoms with Gasteiger partial charge in [-0.05, 0) is 56.0 Å². The third-order valence-electron chi connectivity index (χ3n) is 12.6. The minimum atomic E-state index is -4.51. The lowest BCUT2D eigenvalue weighted by molar-refractivity contribution is -0.138. The maximum absolute atomic E-state index is 13.5. The third kappa shape index (κ3) is 12.1. The number of hydrogen-bond donors (Lipinski definition) is 6. The summed E-state index contributed by atoms with van der Waals surface area (Å²) < 4.78 is 90.2. The van der Waals surface area contributed by atoms with Gasteiger partial charge >= 0.3 is 24.4 Å². The van der Waals surface area contributed by atoms with E-state index >= 15 is 0 Å². The van der Waals surface area contributed by atoms with Gasteiger partial charge < -0.3 is 39.7 Å². The standard InChI is InChI=1S/C25H25F3N6O4.C24H24F3N7O4/c26-25(27,28)16-5-1-4-15(10-16)22-29-11-19-23(32-22)34(17-6-3-9-33(19)12-17)24(37)31-20-7-2-8-21(30-20)38-14-18(36)13-35;25-24(26,27)15-4-1-3-14(7-15)21-30-8-18-22(32-21)34(16-5-2-6-33(18)11-16)23(37)31-19-9-29-20(10-28-19)38-13-17(36)12-35/h1-2,4-5,7-8,10-11,17-18,35-36H,3,6,9,12-14H2,(H,30,31,37);1,3-4,7-10,16-17,35-36H,2,5-6,11-13H2,(H,28,31,37)/t17-,18-;16-,17-/m00/s1. The van der Waals surface area contributed by atoms with E-state index in [4.69, 9.17) is 19.7 Å². The van der Waals surface area contributed by atoms with Gasteiger partial charge in [0.15, 0.2) is 29.1 Å². The number of halogens is 6. The molecule has 21 nitrogen and oxygen atoms in total. The topological polar surface area (TPSA) is 261 Å². The molecule has 4 aromatic heterocycles. The van der Waals surface area contributed by atoms with Crippen LogP contribution in [-0.4, -0.2) is 144 Å². The highest BCUT2D eigenvalue weighted by atomic mass is 19.4. The zero-order valence-electron chi connectivity index (χ0n) is 40.1. The lowest BCUT2D eigenvalue weighted by Gasteiger charge is -2.45. The van der Waals surface area contributed by atoms with Crippen molar-refractivity contribution in [3.8, 4) is 34.5 Å². The Morgan fingerprint density at radius 2 is 1.09 bits per heavy atom. The summed E-state index contributed by atoms with van der Waals surface area (Å²) in [6.07, 6.45) is -2.41. The monoisotopic (exact) mass is 1060 g/mol. The Balaban J connectivity index is 0.000000186. The molecule has 4 bridgehead atoms. The number of nitrogens with one attached hydrogen (secondary N) is 2. The number of aromatic nitrogens is 7. The average Bonchev–Trinajstić information content (AvgIpc) is 3.49. The van der Waals surface area contributed by atoms with Crippen LogP contribution in [0.4, 0.5) is 70.6 Å². The van der Waals surface area contributed by atoms with Crippen molar-refractivity contribution in [2.24, 2.45) is 0 Å². The van der Waals surface area contributed by atoms with Crippen molar-refractivity contribution in [3.63, 3.8) is 0 Å². The average molecular weight is 1060 g/mol. The largest absolute Gasteiger partial charge is 0.475 e. The van der Waals surface area contributed by atoms with Crippen LogP contribution in [0.15, 0.2) is 91.5 Å². The Labute approximate surface area is 428 Å². The minimum Gasteiger partial charge on any atom is -0.475 e. The fourth-order valence-electron chi connectivity index (χ4n) is 8.95. The SMILES string of the molecule is O=C(Nc1cccc(OC[C@@H](O)CO)n1)N1c2nc(-c3cccc(C(F)(F)F)c3)ncc2N2CCC[C@H]1C2.O=C(Nc1cnc(OC[C@@H](O)CO)cn1)N1c2nc(-c3cccc(C(F)(F)F)c3)ncc2N2CCC[C@H]1C2. The molecule has 0 radical (unpaired) electrons. The normalized spacial score (nSPS) is 17.6. The van der Waals surface area contributed by atoms with E-state index in [9.17, 15) is 46.1 Å². The van der Waals surface area contributed by atoms with E-state index in [-0.39, 0.29) is 71.5 Å². The zero-order valence-corrected chi connectivity index (χ0v) is 40.1. The van der Waals surface area contributed by atoms with Gasteiger partial charge in [0.05, 0.1) is 72.6 Å². The van der Waals surface area contributed by atoms with Crippen molar-refractivity contribution in [2.45, 2.75) is 62.3 Å². The predicted molar refractivity (Wildman–Crippen MR) is 262 cm³/mol. The van der Waals surface area contributed by atoms with Crippen LogP contribution in [0.3, 0.4) is 0 Å². The number of alkyl halides is 6. The van der Waals surface area contributed by atoms with Crippen LogP contribution < -0.4 is 39.7 Å². The number of anilines is 6. The summed E-state index contributed by atoms with van der Waals surface area (Å²) in [4.78, 5) is 64.2. The van der Waals surface area contributed by atoms with Gasteiger partial charge in [-0.1, -0.05) is 30.3 Å². The Morgan fingerprint density at radius 1 is 0.605 bits per heavy atom. The number of aliphatic hydroxyl groups excluding tert-OH is 4. The van der Waals surface area contributed by atoms with Crippen molar-refractivity contribution >= 4 is 46.7 Å². The molecule has 6 aromatic rings. The molecule has 76 heavy (non-hydrogen) atoms. The van der Waals surface area contributed by atoms with Crippen LogP contribution in [0.5, 0.6) is 11.8 Å². The van der Waals surface area contributed by atoms with Crippen LogP contribution in [0.2, 0.25) is 0 Å². The first-order valence-corrected chi connectivity index (χ1v) is 23.9. The smallest absolute Gasteiger partial charge is 0.416 e. The summed E-state index contributed by atoms with van der Waals surface area (Å²) in [5.41, 5.74) is -0.0274. The number of benzene rings is 2. The molecule has 0 unspecified atom stereocenters. The van der Waals surface area contributed by atoms with E-state index in [0.29, 0.717) is 36.1 Å². The fourth-order valence-corrected chi connectivity index (χ4v) is 8.95. The highest BCUT2D eigenvalue weighted by molar-refractivity contribution is 6.05. The van der Waals surface area contributed by atoms with Gasteiger partial charge in [-0.2, -0.15) is 31.3 Å². The molecule has 4 aliphatic heterocycles. The van der Waals surface area contributed by atoms with Gasteiger partial charge in [-0.3, -0.25) is 20.4 Å². The second kappa shape index (κ2) is 22.5. The van der Waals surface area contributed by atoms with Crippen LogP contribution in [-0.2, 0) is 12.4 Å². The third-order valence-corrected chi connectivity index (χ3v) is 12.6. The molecular weight excluding hydrogens is 1010 g/mol. The molecule has 0 saturated carbocycles. The summed E-state index contributed by atoms with van der Waals surface area (Å²) in [5.74, 6) is 1.32. The summed E-state index contributed by atoms with van der Waals surface area (Å²) in [6, 6.07) is 12.8. The van der Waals surface area contributed by atoms with Crippen molar-refractivity contribution in [1.29, 1.82) is 0 Å². The molecular formula is C49H49F6N13O8. The number of amides is 4. The number of rotatable bonds is 12. The van der Waals surface area contributed by atoms with Crippen molar-refractivity contribution < 1.29 is 65.8 Å². The predicted octanol–water partition coefficient (Wildman–Crippen LogP) is 6.02. The molecule has 10 rings (SSSR count). The molecule has 400 valence electrons. The summed E-state index contributed by atoms with van der Waals surface area (Å²) >= 11 is 0. The number of urea groups is 2. The summed E-state index contributed by atoms with van der Waals surface area (Å²) in [7, 11) is 0. The second-order valence-corrected chi connectivity index (χ2v) is 17.9. The first-order chi connectivity index (χ1) is 36.4. The molecule has 4 aliphatic rings. The Kier molecular flexibility index (Phi) is 15.6. The fraction of sp³-hybridized carbons (Fsp3) is 0.367. The van der Waals surface area contributed by atoms with E-state index in [2.05, 4.69) is 55.3 Å². The van der Waals surface area contributed by atoms with E-state index in [1.165, 1.54) is 52.7 Å². The molecule has 8 heterocycles. The van der Waals surface area contributed by atoms with Crippen molar-refractivity contribution in [2.75, 3.05) is 82.8 Å². The second-order valence-electron chi connectivity index (χ2n) is 17.9. The lowest BCUT2D eigenvalue weighted by atomic mass is 10.0. The number of pyridine rings is 1. The number of hydrogen-bond acceptors (Lipinski definition) is 17. The van der Waals surface area contributed by atoms with Crippen LogP contribution in [0, 0.1) is 0 Å². The molecule has 2 saturated heterocycles. The Morgan fingerprint density at radius 3 is 1.57 bits per heavy atom. The van der Waals surface area contributed by atoms with Gasteiger partial charge in [0.1, 0.15) is 31.2 Å². The molecule has 2 fully saturated rings. The quantitative estimate of drug-likeness (QED) is 0.0766. The minimum absolute atomic E-state index is 0.0696. The summed E-state index contributed by atoms with van der Waals surface area (Å²) in [6.45, 7) is 1.38. The highest BCUT2D eigenvalue weighted by Gasteiger charge is 2.41. The molecule has 4 amide bonds. The Hall–Kier alpha value is -8.01. The van der Waals surface area contributed by atoms with Gasteiger partial charge in [-0.25, -0.2) is 39.5 Å². The molecule has 0 aliphatic carbocycles. The van der Waals surface area contributed by atoms with Gasteiger partial charge in [-0.15, -0.1) is 0 Å². The zero-order chi connectivity index (χ0) is 53.7. The summed E-state index contributed by atoms with van der Waals surface area (Å²) in [5, 5.41) is 42.1. The first-order valence-electron chi connectivity index (χ1n) is 23.9. The maximum atomic E-state index is 13.5. The van der Waals surface area contributed by atoms with Crippen LogP contribution in [0.25, 0.3) is 22.8 Å². The van der Waals surface area contributed by atoms with Gasteiger partial charge in [0.2, 0.25) is 11.8 Å². The van der Waals surface area contributed by atoms with E-state index < -0.39 is 61.0 Å². The molecule has 27 heteroatoms. The number of carbonyl (C=O) groups is 2. The molecule has 2 aromatic carbocycles. The lowest BCUT2D eigenvalue weighted by Crippen LogP contribution is -2.56. The van der Waals surface area contributed by atoms with E-state index in [1.807, 2.05) is 0 Å². The number of aliphatic hydroxyl groups is 4. The van der Waals surface area contributed by atoms with Crippen LogP contribution in [0.1, 0.15) is 36.8 Å². The number of fused-ring (bicyclic) bond motifs is 8. The van der Waals surface area contributed by atoms with Gasteiger partial charge in [0, 0.05) is 43.4 Å². The highest BCUT2D eigenvalue weighted by Crippen LogP contribution is 2.41. The van der Waals surface area contributed by atoms with E-state index in [1.54, 1.807) is 24.4 Å². The first kappa shape index (κ1) is 52.8. The number of carbonyl (C=O) groups excluding carboxylic acids is 2. The number of nitrogens with zero attached hydrogens (tertiary/aromatic N) is 11. The van der Waals surface area contributed by atoms with Gasteiger partial charge in [0.25, 0.3) is 0 Å². The molecule has 0 spiro atoms. The molecule has 4 atom stereocenters. The van der Waals surface area contributed by atoms with E-state index in [0.717, 1.165) is 63.0 Å². The number of ether oxygens (including phenoxy) is 2. The van der Waals surface area contributed by atoms with Crippen molar-refractivity contribution in [3.05, 3.63) is 103 Å². The number of piperidine rings is 2. The Bertz CT molecular complexity index is 3030. The maximum Gasteiger partial charge on any atom is 0.416 e. The molecule has 6 N–H and O–H groups in total. The van der Waals surface area contributed by atoms with Crippen molar-refractivity contribution in [1.82, 2.24) is 34.9 Å². The van der Waals surface area contributed by atoms with Crippen LogP contribution >= 0.6 is 0 Å².